The Bertz CT molecular complexity index is 316. The summed E-state index contributed by atoms with van der Waals surface area (Å²) in [4.78, 5) is 0. The molecule has 0 amide bonds. The fraction of sp³-hybridized carbons (Fsp3) is 0. The van der Waals surface area contributed by atoms with Gasteiger partial charge in [-0.25, -0.2) is 0 Å². The van der Waals surface area contributed by atoms with Gasteiger partial charge in [-0.3, -0.25) is 0 Å². The topological polar surface area (TPSA) is 0 Å². The predicted octanol–water partition coefficient (Wildman–Crippen LogP) is 1.34. The second kappa shape index (κ2) is 4.46. The number of rotatable bonds is 2. The molecule has 0 fully saturated rings. The minimum atomic E-state index is -0.153. The quantitative estimate of drug-likeness (QED) is 0.729. The fourth-order valence-electron chi connectivity index (χ4n) is 1.11. The van der Waals surface area contributed by atoms with Crippen LogP contribution in [0.25, 0.3) is 0 Å². The molecular weight excluding hydrogens is 272 g/mol. The molecule has 0 aromatic heterocycles. The van der Waals surface area contributed by atoms with Gasteiger partial charge in [0.05, 0.1) is 0 Å². The van der Waals surface area contributed by atoms with E-state index in [1.165, 1.54) is 7.22 Å². The molecule has 0 aliphatic carbocycles. The van der Waals surface area contributed by atoms with E-state index in [-0.39, 0.29) is 20.9 Å². The van der Waals surface area contributed by atoms with E-state index >= 15 is 0 Å². The van der Waals surface area contributed by atoms with Gasteiger partial charge >= 0.3 is 88.8 Å². The van der Waals surface area contributed by atoms with Gasteiger partial charge in [0, 0.05) is 0 Å². The van der Waals surface area contributed by atoms with E-state index < -0.39 is 0 Å². The summed E-state index contributed by atoms with van der Waals surface area (Å²) in [6.07, 6.45) is 0. The molecule has 0 saturated heterocycles. The van der Waals surface area contributed by atoms with E-state index in [0.717, 1.165) is 0 Å². The summed E-state index contributed by atoms with van der Waals surface area (Å²) in [5.74, 6) is 0. The zero-order valence-corrected chi connectivity index (χ0v) is 9.51. The van der Waals surface area contributed by atoms with Gasteiger partial charge in [-0.2, -0.15) is 0 Å². The van der Waals surface area contributed by atoms with E-state index in [0.29, 0.717) is 0 Å². The molecule has 13 heavy (non-hydrogen) atoms. The van der Waals surface area contributed by atoms with Crippen molar-refractivity contribution < 1.29 is 0 Å². The van der Waals surface area contributed by atoms with E-state index in [1.807, 2.05) is 0 Å². The van der Waals surface area contributed by atoms with Gasteiger partial charge in [0.15, 0.2) is 0 Å². The SMILES string of the molecule is c1ccc([Te+2]c2ccccc2)cc1. The van der Waals surface area contributed by atoms with Crippen molar-refractivity contribution in [3.05, 3.63) is 60.7 Å². The number of hydrogen-bond donors (Lipinski definition) is 0. The Kier molecular flexibility index (Phi) is 3.02. The third-order valence-corrected chi connectivity index (χ3v) is 4.62. The van der Waals surface area contributed by atoms with Crippen LogP contribution in [-0.2, 0) is 0 Å². The zero-order valence-electron chi connectivity index (χ0n) is 7.18. The number of benzene rings is 2. The Morgan fingerprint density at radius 2 is 0.923 bits per heavy atom. The van der Waals surface area contributed by atoms with Crippen LogP contribution < -0.4 is 7.22 Å². The van der Waals surface area contributed by atoms with Gasteiger partial charge < -0.3 is 0 Å². The molecule has 0 bridgehead atoms. The van der Waals surface area contributed by atoms with Gasteiger partial charge in [0.25, 0.3) is 0 Å². The molecule has 0 nitrogen and oxygen atoms in total. The van der Waals surface area contributed by atoms with Crippen molar-refractivity contribution in [2.75, 3.05) is 0 Å². The van der Waals surface area contributed by atoms with Crippen LogP contribution in [0.3, 0.4) is 0 Å². The Balaban J connectivity index is 2.16. The van der Waals surface area contributed by atoms with Crippen molar-refractivity contribution in [2.45, 2.75) is 0 Å². The summed E-state index contributed by atoms with van der Waals surface area (Å²) in [6.45, 7) is 0. The molecule has 1 heteroatoms. The average Bonchev–Trinajstić information content (AvgIpc) is 2.21. The molecule has 0 heterocycles. The monoisotopic (exact) mass is 284 g/mol. The van der Waals surface area contributed by atoms with Gasteiger partial charge in [0.2, 0.25) is 0 Å². The maximum atomic E-state index is 2.22. The van der Waals surface area contributed by atoms with Gasteiger partial charge in [-0.05, 0) is 0 Å². The molecule has 62 valence electrons. The van der Waals surface area contributed by atoms with Crippen molar-refractivity contribution in [2.24, 2.45) is 0 Å². The van der Waals surface area contributed by atoms with Crippen molar-refractivity contribution in [3.8, 4) is 0 Å². The Hall–Kier alpha value is -0.770. The van der Waals surface area contributed by atoms with Gasteiger partial charge in [-0.1, -0.05) is 0 Å². The van der Waals surface area contributed by atoms with Crippen molar-refractivity contribution in [3.63, 3.8) is 0 Å². The minimum absolute atomic E-state index is 0.153. The number of hydrogen-bond acceptors (Lipinski definition) is 0. The molecule has 2 rings (SSSR count). The summed E-state index contributed by atoms with van der Waals surface area (Å²) in [5.41, 5.74) is 0. The Labute approximate surface area is 88.7 Å². The fourth-order valence-corrected chi connectivity index (χ4v) is 3.56. The van der Waals surface area contributed by atoms with Crippen LogP contribution in [0.4, 0.5) is 0 Å². The third kappa shape index (κ3) is 2.59. The van der Waals surface area contributed by atoms with Crippen LogP contribution in [0.2, 0.25) is 0 Å². The van der Waals surface area contributed by atoms with Crippen molar-refractivity contribution in [1.29, 1.82) is 0 Å². The molecule has 0 aliphatic heterocycles. The first-order valence-corrected chi connectivity index (χ1v) is 6.56. The molecule has 0 unspecified atom stereocenters. The first kappa shape index (κ1) is 8.81. The van der Waals surface area contributed by atoms with E-state index in [2.05, 4.69) is 60.7 Å². The summed E-state index contributed by atoms with van der Waals surface area (Å²) >= 11 is -0.153. The van der Waals surface area contributed by atoms with Crippen molar-refractivity contribution >= 4 is 28.1 Å². The second-order valence-corrected chi connectivity index (χ2v) is 6.00. The van der Waals surface area contributed by atoms with Crippen LogP contribution in [-0.4, -0.2) is 20.9 Å². The molecule has 0 N–H and O–H groups in total. The molecule has 0 atom stereocenters. The average molecular weight is 282 g/mol. The van der Waals surface area contributed by atoms with Gasteiger partial charge in [-0.15, -0.1) is 0 Å². The molecular formula is C12H10Te+2. The molecule has 0 spiro atoms. The van der Waals surface area contributed by atoms with Crippen LogP contribution >= 0.6 is 0 Å². The van der Waals surface area contributed by atoms with Crippen LogP contribution in [0.1, 0.15) is 0 Å². The van der Waals surface area contributed by atoms with E-state index in [4.69, 9.17) is 0 Å². The maximum absolute atomic E-state index is 2.22. The van der Waals surface area contributed by atoms with Crippen LogP contribution in [0, 0.1) is 0 Å². The summed E-state index contributed by atoms with van der Waals surface area (Å²) in [5, 5.41) is 0. The molecule has 2 radical (unpaired) electrons. The van der Waals surface area contributed by atoms with Gasteiger partial charge in [0.1, 0.15) is 0 Å². The third-order valence-electron chi connectivity index (χ3n) is 1.72. The molecule has 2 aromatic rings. The van der Waals surface area contributed by atoms with Crippen LogP contribution in [0.5, 0.6) is 0 Å². The summed E-state index contributed by atoms with van der Waals surface area (Å²) in [7, 11) is 0. The molecule has 2 aromatic carbocycles. The Morgan fingerprint density at radius 3 is 1.31 bits per heavy atom. The molecule has 0 saturated carbocycles. The van der Waals surface area contributed by atoms with Crippen LogP contribution in [0.15, 0.2) is 60.7 Å². The Morgan fingerprint density at radius 1 is 0.538 bits per heavy atom. The standard InChI is InChI=1S/C12H10Te/c1-3-7-11(8-4-1)13-12-9-5-2-6-10-12/h1-10H/q+2. The zero-order chi connectivity index (χ0) is 8.93. The van der Waals surface area contributed by atoms with E-state index in [1.54, 1.807) is 0 Å². The summed E-state index contributed by atoms with van der Waals surface area (Å²) in [6, 6.07) is 21.5. The first-order chi connectivity index (χ1) is 6.45. The predicted molar refractivity (Wildman–Crippen MR) is 57.9 cm³/mol. The molecule has 0 aliphatic rings. The normalized spacial score (nSPS) is 9.85. The van der Waals surface area contributed by atoms with Crippen molar-refractivity contribution in [1.82, 2.24) is 0 Å². The van der Waals surface area contributed by atoms with E-state index in [9.17, 15) is 0 Å². The first-order valence-electron chi connectivity index (χ1n) is 4.23. The second-order valence-electron chi connectivity index (χ2n) is 2.73. The summed E-state index contributed by atoms with van der Waals surface area (Å²) < 4.78 is 3.00.